The van der Waals surface area contributed by atoms with Crippen molar-refractivity contribution in [2.75, 3.05) is 0 Å². The molecule has 2 aromatic carbocycles. The van der Waals surface area contributed by atoms with E-state index in [-0.39, 0.29) is 5.56 Å². The Morgan fingerprint density at radius 2 is 1.62 bits per heavy atom. The lowest BCUT2D eigenvalue weighted by atomic mass is 10.1. The highest BCUT2D eigenvalue weighted by atomic mass is 32.2. The maximum absolute atomic E-state index is 14.3. The fourth-order valence-electron chi connectivity index (χ4n) is 2.39. The van der Waals surface area contributed by atoms with Crippen LogP contribution in [0.2, 0.25) is 0 Å². The lowest BCUT2D eigenvalue weighted by molar-refractivity contribution is -0.137. The van der Waals surface area contributed by atoms with Gasteiger partial charge in [-0.15, -0.1) is 11.8 Å². The second-order valence-electron chi connectivity index (χ2n) is 5.44. The molecule has 0 N–H and O–H groups in total. The Kier molecular flexibility index (Phi) is 5.27. The molecule has 1 aromatic heterocycles. The standard InChI is InChI=1S/C19H12F5NS/c20-13-6-9-16(21)15(11-13)18(17-3-1-2-10-25-17)26-14-7-4-12(5-8-14)19(22,23)24/h1-11,18H. The van der Waals surface area contributed by atoms with E-state index < -0.39 is 28.6 Å². The Hall–Kier alpha value is -2.41. The van der Waals surface area contributed by atoms with Crippen LogP contribution in [0.15, 0.2) is 71.8 Å². The van der Waals surface area contributed by atoms with Gasteiger partial charge in [-0.1, -0.05) is 6.07 Å². The zero-order valence-corrected chi connectivity index (χ0v) is 14.0. The van der Waals surface area contributed by atoms with Crippen LogP contribution in [0, 0.1) is 11.6 Å². The Morgan fingerprint density at radius 1 is 0.885 bits per heavy atom. The van der Waals surface area contributed by atoms with Crippen LogP contribution >= 0.6 is 11.8 Å². The number of hydrogen-bond donors (Lipinski definition) is 0. The lowest BCUT2D eigenvalue weighted by Crippen LogP contribution is -2.05. The van der Waals surface area contributed by atoms with Gasteiger partial charge >= 0.3 is 6.18 Å². The molecule has 0 aliphatic carbocycles. The van der Waals surface area contributed by atoms with E-state index in [9.17, 15) is 22.0 Å². The summed E-state index contributed by atoms with van der Waals surface area (Å²) in [5, 5.41) is -0.705. The Bertz CT molecular complexity index is 879. The van der Waals surface area contributed by atoms with Gasteiger partial charge < -0.3 is 0 Å². The first-order chi connectivity index (χ1) is 12.3. The predicted molar refractivity (Wildman–Crippen MR) is 89.7 cm³/mol. The van der Waals surface area contributed by atoms with Gasteiger partial charge in [0.1, 0.15) is 11.6 Å². The minimum atomic E-state index is -4.43. The minimum absolute atomic E-state index is 0.0774. The summed E-state index contributed by atoms with van der Waals surface area (Å²) in [6.07, 6.45) is -2.91. The van der Waals surface area contributed by atoms with E-state index in [2.05, 4.69) is 4.98 Å². The molecule has 134 valence electrons. The number of thioether (sulfide) groups is 1. The molecule has 0 amide bonds. The SMILES string of the molecule is Fc1ccc(F)c(C(Sc2ccc(C(F)(F)F)cc2)c2ccccn2)c1. The van der Waals surface area contributed by atoms with E-state index in [1.165, 1.54) is 18.3 Å². The van der Waals surface area contributed by atoms with Crippen LogP contribution in [0.3, 0.4) is 0 Å². The van der Waals surface area contributed by atoms with Crippen molar-refractivity contribution in [3.63, 3.8) is 0 Å². The zero-order valence-electron chi connectivity index (χ0n) is 13.2. The normalized spacial score (nSPS) is 12.8. The van der Waals surface area contributed by atoms with Gasteiger partial charge in [0.15, 0.2) is 0 Å². The van der Waals surface area contributed by atoms with E-state index >= 15 is 0 Å². The third kappa shape index (κ3) is 4.22. The molecule has 26 heavy (non-hydrogen) atoms. The highest BCUT2D eigenvalue weighted by Crippen LogP contribution is 2.41. The molecule has 0 fully saturated rings. The van der Waals surface area contributed by atoms with Crippen LogP contribution in [-0.2, 0) is 6.18 Å². The van der Waals surface area contributed by atoms with Gasteiger partial charge in [0, 0.05) is 16.7 Å². The largest absolute Gasteiger partial charge is 0.416 e. The molecular weight excluding hydrogens is 369 g/mol. The van der Waals surface area contributed by atoms with Crippen molar-refractivity contribution in [2.45, 2.75) is 16.3 Å². The molecule has 1 atom stereocenters. The summed E-state index contributed by atoms with van der Waals surface area (Å²) in [6, 6.07) is 12.7. The fraction of sp³-hybridized carbons (Fsp3) is 0.105. The Labute approximate surface area is 150 Å². The van der Waals surface area contributed by atoms with Gasteiger partial charge in [0.05, 0.1) is 16.5 Å². The molecule has 0 saturated carbocycles. The molecule has 3 rings (SSSR count). The van der Waals surface area contributed by atoms with Crippen LogP contribution in [0.5, 0.6) is 0 Å². The molecular formula is C19H12F5NS. The van der Waals surface area contributed by atoms with Crippen molar-refractivity contribution < 1.29 is 22.0 Å². The third-order valence-electron chi connectivity index (χ3n) is 3.63. The lowest BCUT2D eigenvalue weighted by Gasteiger charge is -2.18. The number of aromatic nitrogens is 1. The van der Waals surface area contributed by atoms with Crippen molar-refractivity contribution in [1.82, 2.24) is 4.98 Å². The summed E-state index contributed by atoms with van der Waals surface area (Å²) in [7, 11) is 0. The third-order valence-corrected chi connectivity index (χ3v) is 4.91. The highest BCUT2D eigenvalue weighted by molar-refractivity contribution is 7.99. The number of alkyl halides is 3. The van der Waals surface area contributed by atoms with Crippen LogP contribution in [0.25, 0.3) is 0 Å². The number of hydrogen-bond acceptors (Lipinski definition) is 2. The predicted octanol–water partition coefficient (Wildman–Crippen LogP) is 6.26. The summed E-state index contributed by atoms with van der Waals surface area (Å²) in [5.41, 5.74) is -0.219. The summed E-state index contributed by atoms with van der Waals surface area (Å²) in [6.45, 7) is 0. The molecule has 0 saturated heterocycles. The summed E-state index contributed by atoms with van der Waals surface area (Å²) < 4.78 is 66.0. The van der Waals surface area contributed by atoms with Crippen LogP contribution in [0.1, 0.15) is 22.1 Å². The van der Waals surface area contributed by atoms with Crippen LogP contribution in [-0.4, -0.2) is 4.98 Å². The quantitative estimate of drug-likeness (QED) is 0.391. The first-order valence-corrected chi connectivity index (χ1v) is 8.42. The first kappa shape index (κ1) is 18.4. The van der Waals surface area contributed by atoms with Gasteiger partial charge in [-0.05, 0) is 54.6 Å². The zero-order chi connectivity index (χ0) is 18.7. The molecule has 1 unspecified atom stereocenters. The Balaban J connectivity index is 1.98. The smallest absolute Gasteiger partial charge is 0.260 e. The molecule has 1 nitrogen and oxygen atoms in total. The number of rotatable bonds is 4. The monoisotopic (exact) mass is 381 g/mol. The van der Waals surface area contributed by atoms with Crippen molar-refractivity contribution in [3.05, 3.63) is 95.3 Å². The highest BCUT2D eigenvalue weighted by Gasteiger charge is 2.30. The second-order valence-corrected chi connectivity index (χ2v) is 6.62. The molecule has 0 aliphatic heterocycles. The molecule has 0 spiro atoms. The van der Waals surface area contributed by atoms with Crippen LogP contribution < -0.4 is 0 Å². The Morgan fingerprint density at radius 3 is 2.23 bits per heavy atom. The topological polar surface area (TPSA) is 12.9 Å². The summed E-state index contributed by atoms with van der Waals surface area (Å²) >= 11 is 1.10. The van der Waals surface area contributed by atoms with Gasteiger partial charge in [-0.25, -0.2) is 8.78 Å². The number of nitrogens with zero attached hydrogens (tertiary/aromatic N) is 1. The van der Waals surface area contributed by atoms with E-state index in [0.717, 1.165) is 42.1 Å². The van der Waals surface area contributed by atoms with Gasteiger partial charge in [0.2, 0.25) is 0 Å². The molecule has 7 heteroatoms. The molecule has 0 aliphatic rings. The second kappa shape index (κ2) is 7.45. The average Bonchev–Trinajstić information content (AvgIpc) is 2.62. The van der Waals surface area contributed by atoms with Crippen molar-refractivity contribution in [1.29, 1.82) is 0 Å². The maximum Gasteiger partial charge on any atom is 0.416 e. The average molecular weight is 381 g/mol. The number of benzene rings is 2. The summed E-state index contributed by atoms with van der Waals surface area (Å²) in [5.74, 6) is -1.21. The summed E-state index contributed by atoms with van der Waals surface area (Å²) in [4.78, 5) is 4.67. The van der Waals surface area contributed by atoms with E-state index in [0.29, 0.717) is 10.6 Å². The van der Waals surface area contributed by atoms with Crippen molar-refractivity contribution in [3.8, 4) is 0 Å². The minimum Gasteiger partial charge on any atom is -0.260 e. The molecule has 1 heterocycles. The number of pyridine rings is 1. The van der Waals surface area contributed by atoms with Gasteiger partial charge in [0.25, 0.3) is 0 Å². The van der Waals surface area contributed by atoms with E-state index in [4.69, 9.17) is 0 Å². The van der Waals surface area contributed by atoms with E-state index in [1.54, 1.807) is 18.2 Å². The van der Waals surface area contributed by atoms with Gasteiger partial charge in [-0.2, -0.15) is 13.2 Å². The van der Waals surface area contributed by atoms with Crippen molar-refractivity contribution >= 4 is 11.8 Å². The van der Waals surface area contributed by atoms with E-state index in [1.807, 2.05) is 0 Å². The van der Waals surface area contributed by atoms with Crippen LogP contribution in [0.4, 0.5) is 22.0 Å². The van der Waals surface area contributed by atoms with Gasteiger partial charge in [-0.3, -0.25) is 4.98 Å². The molecule has 0 radical (unpaired) electrons. The van der Waals surface area contributed by atoms with Crippen molar-refractivity contribution in [2.24, 2.45) is 0 Å². The maximum atomic E-state index is 14.3. The molecule has 3 aromatic rings. The molecule has 0 bridgehead atoms. The fourth-order valence-corrected chi connectivity index (χ4v) is 3.52. The number of halogens is 5. The first-order valence-electron chi connectivity index (χ1n) is 7.54.